The van der Waals surface area contributed by atoms with Crippen molar-refractivity contribution in [1.82, 2.24) is 0 Å². The molecule has 0 aliphatic heterocycles. The Labute approximate surface area is 199 Å². The molecule has 0 radical (unpaired) electrons. The van der Waals surface area contributed by atoms with Crippen molar-refractivity contribution in [2.24, 2.45) is 0 Å². The van der Waals surface area contributed by atoms with Gasteiger partial charge in [-0.25, -0.2) is 12.2 Å². The van der Waals surface area contributed by atoms with E-state index in [1.165, 1.54) is 35.1 Å². The van der Waals surface area contributed by atoms with Crippen LogP contribution in [0.15, 0.2) is 60.7 Å². The van der Waals surface area contributed by atoms with Gasteiger partial charge in [-0.15, -0.1) is 12.0 Å². The maximum absolute atomic E-state index is 3.30. The van der Waals surface area contributed by atoms with Crippen LogP contribution < -0.4 is 24.8 Å². The molecule has 0 fully saturated rings. The van der Waals surface area contributed by atoms with E-state index in [0.717, 1.165) is 12.8 Å². The van der Waals surface area contributed by atoms with E-state index in [1.807, 2.05) is 41.6 Å². The summed E-state index contributed by atoms with van der Waals surface area (Å²) in [7, 11) is 0. The zero-order valence-electron chi connectivity index (χ0n) is 16.8. The van der Waals surface area contributed by atoms with Crippen LogP contribution >= 0.6 is 0 Å². The summed E-state index contributed by atoms with van der Waals surface area (Å²) in [5.41, 5.74) is 5.71. The first-order valence-corrected chi connectivity index (χ1v) is 15.2. The van der Waals surface area contributed by atoms with Crippen molar-refractivity contribution in [1.29, 1.82) is 0 Å². The van der Waals surface area contributed by atoms with E-state index in [9.17, 15) is 0 Å². The van der Waals surface area contributed by atoms with E-state index in [-0.39, 0.29) is 30.2 Å². The first-order valence-electron chi connectivity index (χ1n) is 9.62. The Hall–Kier alpha value is -0.400. The normalized spacial score (nSPS) is 11.6. The zero-order chi connectivity index (χ0) is 18.6. The summed E-state index contributed by atoms with van der Waals surface area (Å²) in [5.74, 6) is 0. The molecule has 0 saturated heterocycles. The van der Waals surface area contributed by atoms with Gasteiger partial charge in [0.15, 0.2) is 0 Å². The summed E-state index contributed by atoms with van der Waals surface area (Å²) in [4.78, 5) is 0. The van der Waals surface area contributed by atoms with Crippen molar-refractivity contribution in [3.05, 3.63) is 84.0 Å². The molecule has 0 nitrogen and oxygen atoms in total. The summed E-state index contributed by atoms with van der Waals surface area (Å²) in [6, 6.07) is 21.2. The van der Waals surface area contributed by atoms with Gasteiger partial charge in [-0.05, 0) is 6.42 Å². The SMILES string of the molecule is CCC[Si](=[Zr+2])CCC.[C-]1=CC=CC1.[Cl-].[Cl-].[c-]1cccc2c1Cc1ccccc1-2. The molecule has 2 aliphatic rings. The van der Waals surface area contributed by atoms with Crippen LogP contribution in [-0.2, 0) is 29.8 Å². The fourth-order valence-corrected chi connectivity index (χ4v) is 8.21. The monoisotopic (exact) mass is 504 g/mol. The van der Waals surface area contributed by atoms with Crippen molar-refractivity contribution in [2.45, 2.75) is 51.6 Å². The Kier molecular flexibility index (Phi) is 16.2. The van der Waals surface area contributed by atoms with Gasteiger partial charge in [0, 0.05) is 0 Å². The number of rotatable bonds is 4. The number of hydrogen-bond acceptors (Lipinski definition) is 0. The molecule has 2 aromatic rings. The first kappa shape index (κ1) is 27.6. The van der Waals surface area contributed by atoms with Crippen molar-refractivity contribution in [3.8, 4) is 11.1 Å². The van der Waals surface area contributed by atoms with Gasteiger partial charge in [-0.3, -0.25) is 6.08 Å². The van der Waals surface area contributed by atoms with Crippen molar-refractivity contribution in [2.75, 3.05) is 0 Å². The molecule has 148 valence electrons. The quantitative estimate of drug-likeness (QED) is 0.361. The van der Waals surface area contributed by atoms with Crippen molar-refractivity contribution < 1.29 is 48.1 Å². The number of benzene rings is 2. The third-order valence-electron chi connectivity index (χ3n) is 4.31. The van der Waals surface area contributed by atoms with Gasteiger partial charge in [-0.2, -0.15) is 35.9 Å². The van der Waals surface area contributed by atoms with Crippen LogP contribution in [-0.4, -0.2) is 5.43 Å². The predicted octanol–water partition coefficient (Wildman–Crippen LogP) is 0.716. The molecule has 0 heterocycles. The fourth-order valence-electron chi connectivity index (χ4n) is 3.07. The minimum atomic E-state index is 0. The van der Waals surface area contributed by atoms with E-state index < -0.39 is 0 Å². The summed E-state index contributed by atoms with van der Waals surface area (Å²) in [6.07, 6.45) is 13.9. The molecular weight excluding hydrogens is 478 g/mol. The molecule has 2 aromatic carbocycles. The average Bonchev–Trinajstić information content (AvgIpc) is 3.34. The molecule has 28 heavy (non-hydrogen) atoms. The van der Waals surface area contributed by atoms with Crippen LogP contribution in [0.5, 0.6) is 0 Å². The molecule has 4 heteroatoms. The third kappa shape index (κ3) is 9.40. The van der Waals surface area contributed by atoms with Crippen LogP contribution in [0.3, 0.4) is 0 Å². The molecule has 4 rings (SSSR count). The van der Waals surface area contributed by atoms with Gasteiger partial charge < -0.3 is 24.8 Å². The second-order valence-corrected chi connectivity index (χ2v) is 13.9. The summed E-state index contributed by atoms with van der Waals surface area (Å²) in [6.45, 7) is 4.59. The minimum Gasteiger partial charge on any atom is -1.00 e. The predicted molar refractivity (Wildman–Crippen MR) is 111 cm³/mol. The maximum atomic E-state index is 3.30. The molecule has 0 unspecified atom stereocenters. The number of hydrogen-bond donors (Lipinski definition) is 0. The summed E-state index contributed by atoms with van der Waals surface area (Å²) >= 11 is 1.84. The van der Waals surface area contributed by atoms with Gasteiger partial charge in [0.1, 0.15) is 0 Å². The molecule has 0 bridgehead atoms. The van der Waals surface area contributed by atoms with Gasteiger partial charge in [0.2, 0.25) is 0 Å². The van der Waals surface area contributed by atoms with E-state index in [4.69, 9.17) is 0 Å². The maximum Gasteiger partial charge on any atom is -0.0253 e. The van der Waals surface area contributed by atoms with Gasteiger partial charge in [0.25, 0.3) is 0 Å². The van der Waals surface area contributed by atoms with Crippen LogP contribution in [0.1, 0.15) is 44.2 Å². The third-order valence-corrected chi connectivity index (χ3v) is 10.2. The molecule has 0 atom stereocenters. The Morgan fingerprint density at radius 2 is 1.64 bits per heavy atom. The standard InChI is InChI=1S/C13H9.C6H14Si.C5H5.2ClH.Zr/c1-3-7-12-10(5-1)9-11-6-2-4-8-13(11)12;1-3-5-7-6-4-2;1-2-4-5-3-1;;;/h1-5,7-8H,9H2;3-6H2,1-2H3;1-3H,4H2;2*1H;/q-1;;-1;;;+2/p-2. The molecule has 0 N–H and O–H groups in total. The Bertz CT molecular complexity index is 707. The van der Waals surface area contributed by atoms with E-state index in [1.54, 1.807) is 12.1 Å². The first-order chi connectivity index (χ1) is 12.8. The summed E-state index contributed by atoms with van der Waals surface area (Å²) < 4.78 is 0. The Balaban J connectivity index is 0.000000423. The number of allylic oxidation sites excluding steroid dienone is 4. The molecule has 0 aromatic heterocycles. The van der Waals surface area contributed by atoms with E-state index >= 15 is 0 Å². The van der Waals surface area contributed by atoms with Crippen LogP contribution in [0, 0.1) is 12.1 Å². The largest absolute Gasteiger partial charge is 1.00 e. The van der Waals surface area contributed by atoms with E-state index in [0.29, 0.717) is 0 Å². The second-order valence-electron chi connectivity index (χ2n) is 6.50. The Morgan fingerprint density at radius 3 is 2.21 bits per heavy atom. The molecule has 0 saturated carbocycles. The Morgan fingerprint density at radius 1 is 0.964 bits per heavy atom. The van der Waals surface area contributed by atoms with Crippen molar-refractivity contribution in [3.63, 3.8) is 0 Å². The number of fused-ring (bicyclic) bond motifs is 3. The van der Waals surface area contributed by atoms with Gasteiger partial charge in [-0.1, -0.05) is 35.4 Å². The zero-order valence-corrected chi connectivity index (χ0v) is 21.7. The van der Waals surface area contributed by atoms with Gasteiger partial charge >= 0.3 is 67.5 Å². The van der Waals surface area contributed by atoms with Crippen molar-refractivity contribution >= 4 is 5.43 Å². The molecular formula is C24H28Cl2SiZr-2. The molecule has 0 amide bonds. The van der Waals surface area contributed by atoms with E-state index in [2.05, 4.69) is 68.5 Å². The van der Waals surface area contributed by atoms with Crippen LogP contribution in [0.4, 0.5) is 0 Å². The molecule has 2 aliphatic carbocycles. The number of halogens is 2. The minimum absolute atomic E-state index is 0. The van der Waals surface area contributed by atoms with Gasteiger partial charge in [0.05, 0.1) is 0 Å². The van der Waals surface area contributed by atoms with Crippen LogP contribution in [0.25, 0.3) is 11.1 Å². The smallest absolute Gasteiger partial charge is 0.0253 e. The topological polar surface area (TPSA) is 0 Å². The summed E-state index contributed by atoms with van der Waals surface area (Å²) in [5, 5.41) is 0. The second kappa shape index (κ2) is 16.4. The fraction of sp³-hybridized carbons (Fsp3) is 0.333. The molecule has 0 spiro atoms. The van der Waals surface area contributed by atoms with Crippen LogP contribution in [0.2, 0.25) is 12.1 Å². The average molecular weight is 507 g/mol.